The summed E-state index contributed by atoms with van der Waals surface area (Å²) < 4.78 is 6.34. The van der Waals surface area contributed by atoms with Gasteiger partial charge in [0.2, 0.25) is 0 Å². The molecule has 0 aliphatic heterocycles. The molecule has 4 bridgehead atoms. The van der Waals surface area contributed by atoms with Crippen LogP contribution in [0.5, 0.6) is 0 Å². The molecule has 1 nitrogen and oxygen atoms in total. The largest absolute Gasteiger partial charge is 0.456 e. The molecule has 4 fully saturated rings. The highest BCUT2D eigenvalue weighted by molar-refractivity contribution is 6.12. The molecule has 0 atom stereocenters. The summed E-state index contributed by atoms with van der Waals surface area (Å²) >= 11 is 0. The van der Waals surface area contributed by atoms with Crippen LogP contribution >= 0.6 is 0 Å². The Morgan fingerprint density at radius 2 is 1.39 bits per heavy atom. The first-order valence-electron chi connectivity index (χ1n) is 12.9. The van der Waals surface area contributed by atoms with E-state index in [1.807, 2.05) is 0 Å². The summed E-state index contributed by atoms with van der Waals surface area (Å²) in [5.41, 5.74) is 8.05. The van der Waals surface area contributed by atoms with Gasteiger partial charge < -0.3 is 4.42 Å². The van der Waals surface area contributed by atoms with Crippen molar-refractivity contribution in [2.75, 3.05) is 0 Å². The van der Waals surface area contributed by atoms with Crippen LogP contribution in [-0.4, -0.2) is 0 Å². The van der Waals surface area contributed by atoms with Crippen LogP contribution in [-0.2, 0) is 10.8 Å². The fraction of sp³-hybridized carbons (Fsp3) is 0.438. The second kappa shape index (κ2) is 6.75. The third-order valence-electron chi connectivity index (χ3n) is 9.19. The molecule has 0 radical (unpaired) electrons. The first-order chi connectivity index (χ1) is 15.9. The van der Waals surface area contributed by atoms with Crippen LogP contribution in [0.4, 0.5) is 0 Å². The van der Waals surface area contributed by atoms with Crippen molar-refractivity contribution in [3.05, 3.63) is 71.8 Å². The van der Waals surface area contributed by atoms with Crippen LogP contribution < -0.4 is 0 Å². The monoisotopic (exact) mass is 434 g/mol. The van der Waals surface area contributed by atoms with E-state index in [4.69, 9.17) is 4.42 Å². The zero-order chi connectivity index (χ0) is 22.4. The van der Waals surface area contributed by atoms with E-state index in [9.17, 15) is 0 Å². The minimum Gasteiger partial charge on any atom is -0.456 e. The molecule has 4 saturated carbocycles. The maximum Gasteiger partial charge on any atom is 0.136 e. The molecule has 0 spiro atoms. The predicted octanol–water partition coefficient (Wildman–Crippen LogP) is 9.02. The van der Waals surface area contributed by atoms with Crippen LogP contribution in [0.1, 0.15) is 70.4 Å². The summed E-state index contributed by atoms with van der Waals surface area (Å²) in [5.74, 6) is 2.95. The lowest BCUT2D eigenvalue weighted by molar-refractivity contribution is -0.00518. The van der Waals surface area contributed by atoms with Crippen LogP contribution in [0, 0.1) is 17.8 Å². The number of hydrogen-bond acceptors (Lipinski definition) is 1. The molecular formula is C32H34O. The highest BCUT2D eigenvalue weighted by Gasteiger charge is 2.51. The molecule has 4 aromatic rings. The Morgan fingerprint density at radius 3 is 2.03 bits per heavy atom. The van der Waals surface area contributed by atoms with Gasteiger partial charge in [-0.2, -0.15) is 0 Å². The van der Waals surface area contributed by atoms with Gasteiger partial charge in [-0.15, -0.1) is 0 Å². The Hall–Kier alpha value is -2.54. The summed E-state index contributed by atoms with van der Waals surface area (Å²) in [4.78, 5) is 0. The zero-order valence-corrected chi connectivity index (χ0v) is 20.2. The van der Waals surface area contributed by atoms with E-state index in [0.29, 0.717) is 5.41 Å². The summed E-state index contributed by atoms with van der Waals surface area (Å²) in [6.07, 6.45) is 8.78. The highest BCUT2D eigenvalue weighted by atomic mass is 16.3. The molecule has 1 heterocycles. The van der Waals surface area contributed by atoms with Crippen molar-refractivity contribution < 1.29 is 4.42 Å². The lowest BCUT2D eigenvalue weighted by atomic mass is 9.48. The van der Waals surface area contributed by atoms with E-state index >= 15 is 0 Å². The standard InChI is InChI=1S/C32H34O/c1-31(2,3)25-15-27(30-26-6-4-5-7-28(26)33-29(30)16-25)23-8-10-24(11-9-23)32-17-20-12-21(18-32)14-22(13-20)19-32/h4-11,15-16,20-22H,12-14,17-19H2,1-3H3. The lowest BCUT2D eigenvalue weighted by Crippen LogP contribution is -2.48. The Morgan fingerprint density at radius 1 is 0.758 bits per heavy atom. The van der Waals surface area contributed by atoms with Gasteiger partial charge in [-0.25, -0.2) is 0 Å². The molecule has 4 aliphatic carbocycles. The Bertz CT molecular complexity index is 1330. The quantitative estimate of drug-likeness (QED) is 0.307. The first kappa shape index (κ1) is 19.9. The van der Waals surface area contributed by atoms with Gasteiger partial charge in [-0.1, -0.05) is 63.2 Å². The summed E-state index contributed by atoms with van der Waals surface area (Å²) in [6, 6.07) is 22.9. The molecule has 1 aromatic heterocycles. The number of furan rings is 1. The smallest absolute Gasteiger partial charge is 0.136 e. The van der Waals surface area contributed by atoms with Gasteiger partial charge in [0.05, 0.1) is 0 Å². The van der Waals surface area contributed by atoms with E-state index in [2.05, 4.69) is 81.4 Å². The molecule has 1 heteroatoms. The fourth-order valence-corrected chi connectivity index (χ4v) is 7.98. The van der Waals surface area contributed by atoms with Crippen molar-refractivity contribution in [1.82, 2.24) is 0 Å². The maximum atomic E-state index is 6.34. The Balaban J connectivity index is 1.37. The summed E-state index contributed by atoms with van der Waals surface area (Å²) in [7, 11) is 0. The van der Waals surface area contributed by atoms with Gasteiger partial charge in [-0.3, -0.25) is 0 Å². The summed E-state index contributed by atoms with van der Waals surface area (Å²) in [5, 5.41) is 2.47. The van der Waals surface area contributed by atoms with Crippen molar-refractivity contribution in [2.24, 2.45) is 17.8 Å². The van der Waals surface area contributed by atoms with E-state index < -0.39 is 0 Å². The lowest BCUT2D eigenvalue weighted by Gasteiger charge is -2.57. The topological polar surface area (TPSA) is 13.1 Å². The second-order valence-corrected chi connectivity index (χ2v) is 12.5. The minimum absolute atomic E-state index is 0.0705. The van der Waals surface area contributed by atoms with E-state index in [1.54, 1.807) is 5.56 Å². The molecule has 0 unspecified atom stereocenters. The minimum atomic E-state index is 0.0705. The molecular weight excluding hydrogens is 400 g/mol. The Kier molecular flexibility index (Phi) is 4.07. The molecule has 0 N–H and O–H groups in total. The van der Waals surface area contributed by atoms with Gasteiger partial charge in [-0.05, 0) is 108 Å². The molecule has 168 valence electrons. The van der Waals surface area contributed by atoms with Crippen molar-refractivity contribution in [1.29, 1.82) is 0 Å². The molecule has 4 aliphatic rings. The van der Waals surface area contributed by atoms with E-state index in [1.165, 1.54) is 66.0 Å². The average molecular weight is 435 g/mol. The van der Waals surface area contributed by atoms with Crippen molar-refractivity contribution >= 4 is 21.9 Å². The maximum absolute atomic E-state index is 6.34. The number of para-hydroxylation sites is 1. The van der Waals surface area contributed by atoms with Crippen LogP contribution in [0.25, 0.3) is 33.1 Å². The predicted molar refractivity (Wildman–Crippen MR) is 138 cm³/mol. The molecule has 33 heavy (non-hydrogen) atoms. The zero-order valence-electron chi connectivity index (χ0n) is 20.2. The number of rotatable bonds is 2. The van der Waals surface area contributed by atoms with Gasteiger partial charge >= 0.3 is 0 Å². The van der Waals surface area contributed by atoms with Crippen LogP contribution in [0.15, 0.2) is 65.1 Å². The number of hydrogen-bond donors (Lipinski definition) is 0. The second-order valence-electron chi connectivity index (χ2n) is 12.5. The van der Waals surface area contributed by atoms with E-state index in [-0.39, 0.29) is 5.41 Å². The van der Waals surface area contributed by atoms with Gasteiger partial charge in [0.1, 0.15) is 11.2 Å². The van der Waals surface area contributed by atoms with Crippen molar-refractivity contribution in [2.45, 2.75) is 70.1 Å². The van der Waals surface area contributed by atoms with Gasteiger partial charge in [0.25, 0.3) is 0 Å². The number of fused-ring (bicyclic) bond motifs is 3. The molecule has 0 saturated heterocycles. The third-order valence-corrected chi connectivity index (χ3v) is 9.19. The van der Waals surface area contributed by atoms with Crippen LogP contribution in [0.2, 0.25) is 0 Å². The normalized spacial score (nSPS) is 28.8. The van der Waals surface area contributed by atoms with Crippen LogP contribution in [0.3, 0.4) is 0 Å². The Labute approximate surface area is 197 Å². The first-order valence-corrected chi connectivity index (χ1v) is 12.9. The fourth-order valence-electron chi connectivity index (χ4n) is 7.98. The van der Waals surface area contributed by atoms with Gasteiger partial charge in [0, 0.05) is 10.8 Å². The summed E-state index contributed by atoms with van der Waals surface area (Å²) in [6.45, 7) is 6.87. The average Bonchev–Trinajstić information content (AvgIpc) is 3.16. The number of benzene rings is 3. The molecule has 0 amide bonds. The van der Waals surface area contributed by atoms with Crippen molar-refractivity contribution in [3.63, 3.8) is 0 Å². The van der Waals surface area contributed by atoms with Crippen molar-refractivity contribution in [3.8, 4) is 11.1 Å². The highest BCUT2D eigenvalue weighted by Crippen LogP contribution is 2.60. The van der Waals surface area contributed by atoms with E-state index in [0.717, 1.165) is 28.9 Å². The van der Waals surface area contributed by atoms with Gasteiger partial charge in [0.15, 0.2) is 0 Å². The SMILES string of the molecule is CC(C)(C)c1cc(-c2ccc(C34CC5CC(CC(C5)C3)C4)cc2)c2c(c1)oc1ccccc12. The third kappa shape index (κ3) is 3.04. The molecule has 8 rings (SSSR count). The molecule has 3 aromatic carbocycles.